The van der Waals surface area contributed by atoms with Crippen LogP contribution in [0.5, 0.6) is 0 Å². The fourth-order valence-corrected chi connectivity index (χ4v) is 6.20. The smallest absolute Gasteiger partial charge is 0.338 e. The Bertz CT molecular complexity index is 2080. The number of carbonyl (C=O) groups is 4. The number of hydrogen-bond acceptors (Lipinski definition) is 10. The molecule has 1 unspecified atom stereocenters. The standard InChI is InChI=1S/C33H32N4O10S2/c1-21-6-4-8-28(18-21)48(42,43)36-32(40)34-26-14-10-24(11-15-26)30(38)46-20-23(3)47-31(39)25-12-16-27(17-13-25)35-33(41)37-49(44,45)29-9-5-7-22(2)19-29/h4-19,23H,20H2,1-3H3,(H2,34,36,40)(H2,35,37,41). The number of ether oxygens (including phenoxy) is 2. The normalized spacial score (nSPS) is 11.8. The molecule has 0 fully saturated rings. The Balaban J connectivity index is 1.21. The van der Waals surface area contributed by atoms with E-state index in [0.717, 1.165) is 0 Å². The SMILES string of the molecule is Cc1cccc(S(=O)(=O)NC(=O)Nc2ccc(C(=O)OCC(C)OC(=O)c3ccc(NC(=O)NS(=O)(=O)c4cccc(C)c4)cc3)cc2)c1. The highest BCUT2D eigenvalue weighted by atomic mass is 32.2. The van der Waals surface area contributed by atoms with Crippen LogP contribution in [0.4, 0.5) is 21.0 Å². The van der Waals surface area contributed by atoms with E-state index in [1.165, 1.54) is 79.7 Å². The summed E-state index contributed by atoms with van der Waals surface area (Å²) in [5.41, 5.74) is 2.08. The third-order valence-electron chi connectivity index (χ3n) is 6.57. The number of sulfonamides is 2. The van der Waals surface area contributed by atoms with Crippen molar-refractivity contribution in [3.8, 4) is 0 Å². The van der Waals surface area contributed by atoms with Gasteiger partial charge in [-0.05, 0) is 105 Å². The van der Waals surface area contributed by atoms with Gasteiger partial charge in [0.05, 0.1) is 20.9 Å². The maximum atomic E-state index is 12.6. The van der Waals surface area contributed by atoms with Gasteiger partial charge in [-0.25, -0.2) is 45.5 Å². The quantitative estimate of drug-likeness (QED) is 0.158. The number of anilines is 2. The van der Waals surface area contributed by atoms with Gasteiger partial charge < -0.3 is 20.1 Å². The van der Waals surface area contributed by atoms with E-state index >= 15 is 0 Å². The fraction of sp³-hybridized carbons (Fsp3) is 0.152. The lowest BCUT2D eigenvalue weighted by Gasteiger charge is -2.14. The van der Waals surface area contributed by atoms with E-state index in [-0.39, 0.29) is 38.9 Å². The molecular weight excluding hydrogens is 677 g/mol. The Morgan fingerprint density at radius 2 is 1.02 bits per heavy atom. The van der Waals surface area contributed by atoms with Crippen molar-refractivity contribution >= 4 is 55.4 Å². The highest BCUT2D eigenvalue weighted by Gasteiger charge is 2.20. The molecule has 0 saturated carbocycles. The third kappa shape index (κ3) is 10.4. The molecule has 4 N–H and O–H groups in total. The first-order valence-corrected chi connectivity index (χ1v) is 17.5. The van der Waals surface area contributed by atoms with Gasteiger partial charge in [0, 0.05) is 11.4 Å². The van der Waals surface area contributed by atoms with Crippen LogP contribution >= 0.6 is 0 Å². The minimum absolute atomic E-state index is 0.0664. The molecule has 4 aromatic carbocycles. The number of hydrogen-bond donors (Lipinski definition) is 4. The number of rotatable bonds is 11. The highest BCUT2D eigenvalue weighted by molar-refractivity contribution is 7.90. The van der Waals surface area contributed by atoms with E-state index < -0.39 is 50.2 Å². The molecule has 4 rings (SSSR count). The van der Waals surface area contributed by atoms with E-state index in [4.69, 9.17) is 9.47 Å². The number of urea groups is 2. The molecule has 0 aliphatic carbocycles. The number of esters is 2. The average molecular weight is 709 g/mol. The molecule has 16 heteroatoms. The summed E-state index contributed by atoms with van der Waals surface area (Å²) in [4.78, 5) is 49.5. The second-order valence-corrected chi connectivity index (χ2v) is 14.1. The van der Waals surface area contributed by atoms with Gasteiger partial charge in [0.2, 0.25) is 0 Å². The summed E-state index contributed by atoms with van der Waals surface area (Å²) >= 11 is 0. The first-order chi connectivity index (χ1) is 23.1. The number of amides is 4. The summed E-state index contributed by atoms with van der Waals surface area (Å²) in [6.45, 7) is 4.67. The van der Waals surface area contributed by atoms with Crippen molar-refractivity contribution in [2.45, 2.75) is 36.7 Å². The Labute approximate surface area is 282 Å². The number of aryl methyl sites for hydroxylation is 2. The summed E-state index contributed by atoms with van der Waals surface area (Å²) in [7, 11) is -8.19. The van der Waals surface area contributed by atoms with E-state index in [1.54, 1.807) is 38.1 Å². The second-order valence-electron chi connectivity index (χ2n) is 10.7. The number of benzene rings is 4. The van der Waals surface area contributed by atoms with Gasteiger partial charge in [0.1, 0.15) is 12.7 Å². The van der Waals surface area contributed by atoms with Crippen LogP contribution in [0, 0.1) is 13.8 Å². The van der Waals surface area contributed by atoms with Crippen LogP contribution < -0.4 is 20.1 Å². The van der Waals surface area contributed by atoms with Crippen molar-refractivity contribution in [3.63, 3.8) is 0 Å². The summed E-state index contributed by atoms with van der Waals surface area (Å²) in [5.74, 6) is -1.47. The van der Waals surface area contributed by atoms with Crippen LogP contribution in [0.3, 0.4) is 0 Å². The summed E-state index contributed by atoms with van der Waals surface area (Å²) < 4.78 is 64.1. The molecule has 0 aliphatic heterocycles. The fourth-order valence-electron chi connectivity index (χ4n) is 4.18. The predicted octanol–water partition coefficient (Wildman–Crippen LogP) is 4.73. The zero-order valence-electron chi connectivity index (χ0n) is 26.4. The van der Waals surface area contributed by atoms with E-state index in [9.17, 15) is 36.0 Å². The molecule has 14 nitrogen and oxygen atoms in total. The van der Waals surface area contributed by atoms with Crippen LogP contribution in [-0.4, -0.2) is 53.5 Å². The molecule has 1 atom stereocenters. The molecule has 0 bridgehead atoms. The molecule has 49 heavy (non-hydrogen) atoms. The van der Waals surface area contributed by atoms with Crippen molar-refractivity contribution in [1.82, 2.24) is 9.44 Å². The van der Waals surface area contributed by atoms with Crippen LogP contribution in [0.1, 0.15) is 38.8 Å². The lowest BCUT2D eigenvalue weighted by Crippen LogP contribution is -2.34. The van der Waals surface area contributed by atoms with Crippen molar-refractivity contribution in [1.29, 1.82) is 0 Å². The molecule has 4 amide bonds. The largest absolute Gasteiger partial charge is 0.458 e. The van der Waals surface area contributed by atoms with Gasteiger partial charge in [0.15, 0.2) is 0 Å². The minimum Gasteiger partial charge on any atom is -0.458 e. The van der Waals surface area contributed by atoms with Gasteiger partial charge in [-0.3, -0.25) is 0 Å². The van der Waals surface area contributed by atoms with E-state index in [0.29, 0.717) is 11.1 Å². The topological polar surface area (TPSA) is 203 Å². The third-order valence-corrected chi connectivity index (χ3v) is 9.23. The second kappa shape index (κ2) is 15.4. The summed E-state index contributed by atoms with van der Waals surface area (Å²) in [6, 6.07) is 21.1. The van der Waals surface area contributed by atoms with Gasteiger partial charge in [0.25, 0.3) is 20.0 Å². The lowest BCUT2D eigenvalue weighted by molar-refractivity contribution is 0.00448. The van der Waals surface area contributed by atoms with Crippen molar-refractivity contribution < 1.29 is 45.5 Å². The highest BCUT2D eigenvalue weighted by Crippen LogP contribution is 2.16. The molecule has 0 aliphatic rings. The average Bonchev–Trinajstić information content (AvgIpc) is 3.03. The zero-order chi connectivity index (χ0) is 35.8. The number of carbonyl (C=O) groups excluding carboxylic acids is 4. The Morgan fingerprint density at radius 3 is 1.43 bits per heavy atom. The van der Waals surface area contributed by atoms with E-state index in [1.807, 2.05) is 9.44 Å². The summed E-state index contributed by atoms with van der Waals surface area (Å²) in [5, 5.41) is 4.76. The minimum atomic E-state index is -4.10. The first kappa shape index (κ1) is 36.1. The molecule has 0 radical (unpaired) electrons. The van der Waals surface area contributed by atoms with Crippen LogP contribution in [-0.2, 0) is 29.5 Å². The zero-order valence-corrected chi connectivity index (χ0v) is 28.1. The van der Waals surface area contributed by atoms with Gasteiger partial charge >= 0.3 is 24.0 Å². The van der Waals surface area contributed by atoms with Crippen LogP contribution in [0.15, 0.2) is 107 Å². The molecule has 0 saturated heterocycles. The predicted molar refractivity (Wildman–Crippen MR) is 179 cm³/mol. The Kier molecular flexibility index (Phi) is 11.4. The Morgan fingerprint density at radius 1 is 0.612 bits per heavy atom. The maximum absolute atomic E-state index is 12.6. The van der Waals surface area contributed by atoms with Crippen molar-refractivity contribution in [2.75, 3.05) is 17.2 Å². The van der Waals surface area contributed by atoms with Gasteiger partial charge in [-0.15, -0.1) is 0 Å². The summed E-state index contributed by atoms with van der Waals surface area (Å²) in [6.07, 6.45) is -0.841. The van der Waals surface area contributed by atoms with E-state index in [2.05, 4.69) is 10.6 Å². The first-order valence-electron chi connectivity index (χ1n) is 14.5. The molecule has 0 heterocycles. The Hall–Kier alpha value is -5.74. The molecule has 256 valence electrons. The molecular formula is C33H32N4O10S2. The van der Waals surface area contributed by atoms with Gasteiger partial charge in [-0.2, -0.15) is 0 Å². The maximum Gasteiger partial charge on any atom is 0.338 e. The van der Waals surface area contributed by atoms with Gasteiger partial charge in [-0.1, -0.05) is 24.3 Å². The molecule has 4 aromatic rings. The van der Waals surface area contributed by atoms with Crippen molar-refractivity contribution in [2.24, 2.45) is 0 Å². The van der Waals surface area contributed by atoms with Crippen LogP contribution in [0.25, 0.3) is 0 Å². The van der Waals surface area contributed by atoms with Crippen LogP contribution in [0.2, 0.25) is 0 Å². The van der Waals surface area contributed by atoms with Crippen molar-refractivity contribution in [3.05, 3.63) is 119 Å². The monoisotopic (exact) mass is 708 g/mol. The molecule has 0 spiro atoms. The lowest BCUT2D eigenvalue weighted by atomic mass is 10.2. The molecule has 0 aromatic heterocycles. The number of nitrogens with one attached hydrogen (secondary N) is 4.